The van der Waals surface area contributed by atoms with Gasteiger partial charge in [-0.05, 0) is 31.9 Å². The molecule has 20 heavy (non-hydrogen) atoms. The minimum absolute atomic E-state index is 0.243. The first-order valence-corrected chi connectivity index (χ1v) is 6.97. The van der Waals surface area contributed by atoms with E-state index in [4.69, 9.17) is 11.6 Å². The van der Waals surface area contributed by atoms with Crippen LogP contribution in [0, 0.1) is 5.41 Å². The molecule has 2 N–H and O–H groups in total. The number of pyridine rings is 1. The highest BCUT2D eigenvalue weighted by Crippen LogP contribution is 2.36. The molecule has 2 atom stereocenters. The third-order valence-corrected chi connectivity index (χ3v) is 4.19. The van der Waals surface area contributed by atoms with Gasteiger partial charge in [-0.3, -0.25) is 9.59 Å². The fraction of sp³-hybridized carbons (Fsp3) is 0.500. The molecular formula is C14H17ClN2O3. The highest BCUT2D eigenvalue weighted by molar-refractivity contribution is 6.30. The number of nitrogens with zero attached hydrogens (tertiary/aromatic N) is 1. The second kappa shape index (κ2) is 5.79. The molecule has 1 aliphatic rings. The average Bonchev–Trinajstić information content (AvgIpc) is 2.42. The number of aliphatic carboxylic acids is 1. The Morgan fingerprint density at radius 2 is 2.20 bits per heavy atom. The van der Waals surface area contributed by atoms with Crippen LogP contribution < -0.4 is 5.32 Å². The number of hydrogen-bond acceptors (Lipinski definition) is 3. The van der Waals surface area contributed by atoms with E-state index < -0.39 is 11.4 Å². The molecule has 1 aromatic heterocycles. The molecule has 0 saturated heterocycles. The Morgan fingerprint density at radius 3 is 2.80 bits per heavy atom. The van der Waals surface area contributed by atoms with Crippen molar-refractivity contribution in [2.45, 2.75) is 38.6 Å². The molecule has 1 aliphatic carbocycles. The van der Waals surface area contributed by atoms with Gasteiger partial charge in [0, 0.05) is 12.2 Å². The van der Waals surface area contributed by atoms with Crippen molar-refractivity contribution in [3.05, 3.63) is 29.0 Å². The number of carbonyl (C=O) groups is 2. The Morgan fingerprint density at radius 1 is 1.45 bits per heavy atom. The van der Waals surface area contributed by atoms with Gasteiger partial charge in [0.25, 0.3) is 5.91 Å². The fourth-order valence-electron chi connectivity index (χ4n) is 2.56. The largest absolute Gasteiger partial charge is 0.481 e. The molecule has 2 rings (SSSR count). The smallest absolute Gasteiger partial charge is 0.311 e. The van der Waals surface area contributed by atoms with Crippen LogP contribution in [0.4, 0.5) is 0 Å². The molecule has 0 aromatic carbocycles. The molecule has 0 bridgehead atoms. The standard InChI is InChI=1S/C14H17ClN2O3/c1-14(13(19)20)7-3-2-4-11(14)17-12(18)10-6-5-9(15)8-16-10/h5-6,8,11H,2-4,7H2,1H3,(H,17,18)(H,19,20). The molecular weight excluding hydrogens is 280 g/mol. The zero-order chi connectivity index (χ0) is 14.8. The summed E-state index contributed by atoms with van der Waals surface area (Å²) < 4.78 is 0. The van der Waals surface area contributed by atoms with Crippen LogP contribution in [0.25, 0.3) is 0 Å². The van der Waals surface area contributed by atoms with E-state index in [1.165, 1.54) is 12.3 Å². The first-order valence-electron chi connectivity index (χ1n) is 6.59. The first-order chi connectivity index (χ1) is 9.43. The number of carbonyl (C=O) groups excluding carboxylic acids is 1. The lowest BCUT2D eigenvalue weighted by molar-refractivity contribution is -0.151. The van der Waals surface area contributed by atoms with Crippen molar-refractivity contribution in [2.24, 2.45) is 5.41 Å². The number of hydrogen-bond donors (Lipinski definition) is 2. The van der Waals surface area contributed by atoms with Gasteiger partial charge in [-0.1, -0.05) is 24.4 Å². The Bertz CT molecular complexity index is 518. The lowest BCUT2D eigenvalue weighted by Gasteiger charge is -2.38. The van der Waals surface area contributed by atoms with Crippen LogP contribution in [0.15, 0.2) is 18.3 Å². The predicted octanol–water partition coefficient (Wildman–Crippen LogP) is 2.50. The van der Waals surface area contributed by atoms with Crippen molar-refractivity contribution in [3.8, 4) is 0 Å². The number of nitrogens with one attached hydrogen (secondary N) is 1. The van der Waals surface area contributed by atoms with E-state index in [9.17, 15) is 14.7 Å². The number of carboxylic acid groups (broad SMARTS) is 1. The Balaban J connectivity index is 2.13. The molecule has 1 fully saturated rings. The average molecular weight is 297 g/mol. The molecule has 0 spiro atoms. The third-order valence-electron chi connectivity index (χ3n) is 3.96. The van der Waals surface area contributed by atoms with Crippen LogP contribution in [-0.4, -0.2) is 28.0 Å². The molecule has 5 nitrogen and oxygen atoms in total. The Labute approximate surface area is 122 Å². The summed E-state index contributed by atoms with van der Waals surface area (Å²) in [6.07, 6.45) is 4.42. The molecule has 1 heterocycles. The summed E-state index contributed by atoms with van der Waals surface area (Å²) in [5.74, 6) is -1.23. The summed E-state index contributed by atoms with van der Waals surface area (Å²) in [7, 11) is 0. The molecule has 2 unspecified atom stereocenters. The predicted molar refractivity (Wildman–Crippen MR) is 74.7 cm³/mol. The SMILES string of the molecule is CC1(C(=O)O)CCCCC1NC(=O)c1ccc(Cl)cn1. The highest BCUT2D eigenvalue weighted by atomic mass is 35.5. The van der Waals surface area contributed by atoms with Crippen molar-refractivity contribution >= 4 is 23.5 Å². The van der Waals surface area contributed by atoms with Gasteiger partial charge in [-0.15, -0.1) is 0 Å². The van der Waals surface area contributed by atoms with Crippen molar-refractivity contribution in [3.63, 3.8) is 0 Å². The minimum atomic E-state index is -0.916. The van der Waals surface area contributed by atoms with Crippen LogP contribution in [0.3, 0.4) is 0 Å². The van der Waals surface area contributed by atoms with Gasteiger partial charge in [0.15, 0.2) is 0 Å². The topological polar surface area (TPSA) is 79.3 Å². The summed E-state index contributed by atoms with van der Waals surface area (Å²) in [6, 6.07) is 2.73. The van der Waals surface area contributed by atoms with Gasteiger partial charge in [0.2, 0.25) is 0 Å². The van der Waals surface area contributed by atoms with Crippen LogP contribution in [-0.2, 0) is 4.79 Å². The molecule has 0 aliphatic heterocycles. The van der Waals surface area contributed by atoms with Gasteiger partial charge in [-0.2, -0.15) is 0 Å². The number of halogens is 1. The maximum absolute atomic E-state index is 12.1. The second-order valence-corrected chi connectivity index (χ2v) is 5.79. The molecule has 6 heteroatoms. The van der Waals surface area contributed by atoms with Crippen molar-refractivity contribution in [2.75, 3.05) is 0 Å². The number of rotatable bonds is 3. The lowest BCUT2D eigenvalue weighted by atomic mass is 9.71. The maximum Gasteiger partial charge on any atom is 0.311 e. The van der Waals surface area contributed by atoms with E-state index in [-0.39, 0.29) is 17.6 Å². The second-order valence-electron chi connectivity index (χ2n) is 5.36. The van der Waals surface area contributed by atoms with Gasteiger partial charge in [0.1, 0.15) is 5.69 Å². The molecule has 1 saturated carbocycles. The minimum Gasteiger partial charge on any atom is -0.481 e. The summed E-state index contributed by atoms with van der Waals surface area (Å²) in [6.45, 7) is 1.69. The fourth-order valence-corrected chi connectivity index (χ4v) is 2.68. The van der Waals surface area contributed by atoms with Crippen LogP contribution in [0.2, 0.25) is 5.02 Å². The van der Waals surface area contributed by atoms with E-state index in [0.717, 1.165) is 12.8 Å². The van der Waals surface area contributed by atoms with Gasteiger partial charge < -0.3 is 10.4 Å². The summed E-state index contributed by atoms with van der Waals surface area (Å²) in [4.78, 5) is 27.5. The van der Waals surface area contributed by atoms with Crippen LogP contribution >= 0.6 is 11.6 Å². The van der Waals surface area contributed by atoms with Crippen LogP contribution in [0.1, 0.15) is 43.1 Å². The Hall–Kier alpha value is -1.62. The van der Waals surface area contributed by atoms with Gasteiger partial charge in [0.05, 0.1) is 10.4 Å². The molecule has 0 radical (unpaired) electrons. The number of carboxylic acids is 1. The van der Waals surface area contributed by atoms with E-state index in [2.05, 4.69) is 10.3 Å². The Kier molecular flexibility index (Phi) is 4.28. The number of aromatic nitrogens is 1. The van der Waals surface area contributed by atoms with Crippen molar-refractivity contribution < 1.29 is 14.7 Å². The number of amides is 1. The van der Waals surface area contributed by atoms with Gasteiger partial charge in [-0.25, -0.2) is 4.98 Å². The van der Waals surface area contributed by atoms with E-state index in [1.54, 1.807) is 13.0 Å². The monoisotopic (exact) mass is 296 g/mol. The van der Waals surface area contributed by atoms with Crippen molar-refractivity contribution in [1.29, 1.82) is 0 Å². The maximum atomic E-state index is 12.1. The summed E-state index contributed by atoms with van der Waals surface area (Å²) >= 11 is 5.72. The van der Waals surface area contributed by atoms with E-state index in [1.807, 2.05) is 0 Å². The molecule has 1 aromatic rings. The normalized spacial score (nSPS) is 26.0. The van der Waals surface area contributed by atoms with Crippen molar-refractivity contribution in [1.82, 2.24) is 10.3 Å². The zero-order valence-electron chi connectivity index (χ0n) is 11.2. The lowest BCUT2D eigenvalue weighted by Crippen LogP contribution is -2.52. The van der Waals surface area contributed by atoms with E-state index in [0.29, 0.717) is 17.9 Å². The summed E-state index contributed by atoms with van der Waals surface area (Å²) in [5, 5.41) is 12.7. The molecule has 1 amide bonds. The summed E-state index contributed by atoms with van der Waals surface area (Å²) in [5.41, 5.74) is -0.673. The first kappa shape index (κ1) is 14.8. The highest BCUT2D eigenvalue weighted by Gasteiger charge is 2.43. The third kappa shape index (κ3) is 2.93. The van der Waals surface area contributed by atoms with E-state index >= 15 is 0 Å². The van der Waals surface area contributed by atoms with Crippen LogP contribution in [0.5, 0.6) is 0 Å². The quantitative estimate of drug-likeness (QED) is 0.898. The zero-order valence-corrected chi connectivity index (χ0v) is 12.0. The van der Waals surface area contributed by atoms with Gasteiger partial charge >= 0.3 is 5.97 Å². The molecule has 108 valence electrons.